The van der Waals surface area contributed by atoms with Gasteiger partial charge in [-0.15, -0.1) is 0 Å². The fourth-order valence-corrected chi connectivity index (χ4v) is 3.14. The van der Waals surface area contributed by atoms with Crippen molar-refractivity contribution in [3.63, 3.8) is 0 Å². The predicted molar refractivity (Wildman–Crippen MR) is 76.8 cm³/mol. The van der Waals surface area contributed by atoms with Gasteiger partial charge in [0, 0.05) is 13.7 Å². The van der Waals surface area contributed by atoms with Gasteiger partial charge in [-0.05, 0) is 31.1 Å². The summed E-state index contributed by atoms with van der Waals surface area (Å²) in [6.45, 7) is 6.73. The number of ether oxygens (including phenoxy) is 2. The van der Waals surface area contributed by atoms with E-state index in [-0.39, 0.29) is 6.04 Å². The van der Waals surface area contributed by atoms with Crippen molar-refractivity contribution >= 4 is 0 Å². The zero-order valence-electron chi connectivity index (χ0n) is 13.1. The molecule has 1 aromatic rings. The van der Waals surface area contributed by atoms with Crippen LogP contribution in [0.1, 0.15) is 57.3 Å². The predicted octanol–water partition coefficient (Wildman–Crippen LogP) is 2.17. The molecule has 1 aliphatic carbocycles. The van der Waals surface area contributed by atoms with E-state index in [1.807, 2.05) is 0 Å². The minimum Gasteiger partial charge on any atom is -0.378 e. The van der Waals surface area contributed by atoms with Gasteiger partial charge in [0.25, 0.3) is 0 Å². The maximum Gasteiger partial charge on any atom is 0.246 e. The van der Waals surface area contributed by atoms with Gasteiger partial charge in [-0.1, -0.05) is 19.0 Å². The Morgan fingerprint density at radius 3 is 2.62 bits per heavy atom. The Hall–Kier alpha value is -0.980. The number of rotatable bonds is 3. The van der Waals surface area contributed by atoms with Crippen LogP contribution in [0.2, 0.25) is 0 Å². The maximum atomic E-state index is 5.82. The molecule has 2 fully saturated rings. The lowest BCUT2D eigenvalue weighted by molar-refractivity contribution is -0.0740. The summed E-state index contributed by atoms with van der Waals surface area (Å²) in [6.07, 6.45) is 4.08. The van der Waals surface area contributed by atoms with Crippen molar-refractivity contribution in [1.29, 1.82) is 0 Å². The summed E-state index contributed by atoms with van der Waals surface area (Å²) in [4.78, 5) is 4.60. The summed E-state index contributed by atoms with van der Waals surface area (Å²) < 4.78 is 16.7. The molecule has 21 heavy (non-hydrogen) atoms. The maximum absolute atomic E-state index is 5.82. The van der Waals surface area contributed by atoms with Gasteiger partial charge in [0.1, 0.15) is 11.6 Å². The lowest BCUT2D eigenvalue weighted by atomic mass is 9.70. The van der Waals surface area contributed by atoms with Crippen molar-refractivity contribution in [2.45, 2.75) is 51.2 Å². The molecule has 0 radical (unpaired) electrons. The molecule has 3 rings (SSSR count). The molecule has 0 spiro atoms. The van der Waals surface area contributed by atoms with Crippen molar-refractivity contribution in [2.24, 2.45) is 5.41 Å². The van der Waals surface area contributed by atoms with Crippen molar-refractivity contribution < 1.29 is 14.0 Å². The fourth-order valence-electron chi connectivity index (χ4n) is 3.14. The number of hydrogen-bond donors (Lipinski definition) is 1. The van der Waals surface area contributed by atoms with Crippen molar-refractivity contribution in [2.75, 3.05) is 26.9 Å². The third-order valence-corrected chi connectivity index (χ3v) is 4.87. The quantitative estimate of drug-likeness (QED) is 0.921. The SMILES string of the molecule is COC1(c2noc(C3COCCN3)n2)CCC(C)(C)CC1. The Morgan fingerprint density at radius 2 is 2.00 bits per heavy atom. The van der Waals surface area contributed by atoms with E-state index >= 15 is 0 Å². The zero-order chi connectivity index (χ0) is 14.9. The summed E-state index contributed by atoms with van der Waals surface area (Å²) in [5.74, 6) is 1.29. The van der Waals surface area contributed by atoms with Gasteiger partial charge < -0.3 is 19.3 Å². The van der Waals surface area contributed by atoms with Crippen LogP contribution < -0.4 is 5.32 Å². The van der Waals surface area contributed by atoms with Crippen LogP contribution in [-0.2, 0) is 15.1 Å². The molecule has 2 aliphatic rings. The highest BCUT2D eigenvalue weighted by Gasteiger charge is 2.43. The summed E-state index contributed by atoms with van der Waals surface area (Å²) in [5, 5.41) is 7.53. The molecule has 1 saturated heterocycles. The van der Waals surface area contributed by atoms with Crippen LogP contribution in [0.4, 0.5) is 0 Å². The van der Waals surface area contributed by atoms with E-state index in [4.69, 9.17) is 14.0 Å². The number of methoxy groups -OCH3 is 1. The van der Waals surface area contributed by atoms with Crippen LogP contribution in [0.3, 0.4) is 0 Å². The van der Waals surface area contributed by atoms with Gasteiger partial charge in [0.15, 0.2) is 0 Å². The van der Waals surface area contributed by atoms with Gasteiger partial charge in [-0.25, -0.2) is 0 Å². The van der Waals surface area contributed by atoms with Crippen LogP contribution in [0, 0.1) is 5.41 Å². The Balaban J connectivity index is 1.77. The Labute approximate surface area is 125 Å². The van der Waals surface area contributed by atoms with E-state index in [0.29, 0.717) is 23.7 Å². The highest BCUT2D eigenvalue weighted by molar-refractivity contribution is 5.06. The average molecular weight is 295 g/mol. The molecule has 2 heterocycles. The molecular weight excluding hydrogens is 270 g/mol. The molecule has 0 amide bonds. The Morgan fingerprint density at radius 1 is 1.24 bits per heavy atom. The van der Waals surface area contributed by atoms with E-state index in [1.54, 1.807) is 7.11 Å². The lowest BCUT2D eigenvalue weighted by Gasteiger charge is -2.40. The van der Waals surface area contributed by atoms with Crippen LogP contribution in [-0.4, -0.2) is 37.0 Å². The van der Waals surface area contributed by atoms with E-state index in [1.165, 1.54) is 0 Å². The van der Waals surface area contributed by atoms with Crippen LogP contribution >= 0.6 is 0 Å². The van der Waals surface area contributed by atoms with Crippen molar-refractivity contribution in [3.05, 3.63) is 11.7 Å². The third-order valence-electron chi connectivity index (χ3n) is 4.87. The first kappa shape index (κ1) is 14.9. The monoisotopic (exact) mass is 295 g/mol. The number of nitrogens with one attached hydrogen (secondary N) is 1. The molecule has 0 bridgehead atoms. The Kier molecular flexibility index (Phi) is 4.03. The van der Waals surface area contributed by atoms with E-state index in [9.17, 15) is 0 Å². The molecule has 1 saturated carbocycles. The second kappa shape index (κ2) is 5.66. The highest BCUT2D eigenvalue weighted by Crippen LogP contribution is 2.46. The Bertz CT molecular complexity index is 470. The molecule has 6 nitrogen and oxygen atoms in total. The second-order valence-electron chi connectivity index (χ2n) is 6.90. The van der Waals surface area contributed by atoms with Crippen LogP contribution in [0.15, 0.2) is 4.52 Å². The number of hydrogen-bond acceptors (Lipinski definition) is 6. The molecule has 1 aliphatic heterocycles. The molecule has 1 unspecified atom stereocenters. The first-order chi connectivity index (χ1) is 10.0. The van der Waals surface area contributed by atoms with Gasteiger partial charge in [0.2, 0.25) is 11.7 Å². The van der Waals surface area contributed by atoms with E-state index in [2.05, 4.69) is 29.3 Å². The standard InChI is InChI=1S/C15H25N3O3/c1-14(2)4-6-15(19-3,7-5-14)13-17-12(21-18-13)11-10-20-9-8-16-11/h11,16H,4-10H2,1-3H3. The first-order valence-corrected chi connectivity index (χ1v) is 7.75. The minimum atomic E-state index is -0.396. The smallest absolute Gasteiger partial charge is 0.246 e. The zero-order valence-corrected chi connectivity index (χ0v) is 13.1. The summed E-state index contributed by atoms with van der Waals surface area (Å²) in [7, 11) is 1.75. The fraction of sp³-hybridized carbons (Fsp3) is 0.867. The van der Waals surface area contributed by atoms with Crippen molar-refractivity contribution in [1.82, 2.24) is 15.5 Å². The van der Waals surface area contributed by atoms with E-state index < -0.39 is 5.60 Å². The van der Waals surface area contributed by atoms with Gasteiger partial charge in [-0.3, -0.25) is 0 Å². The largest absolute Gasteiger partial charge is 0.378 e. The molecule has 118 valence electrons. The molecule has 6 heteroatoms. The van der Waals surface area contributed by atoms with E-state index in [0.717, 1.165) is 38.8 Å². The second-order valence-corrected chi connectivity index (χ2v) is 6.90. The van der Waals surface area contributed by atoms with Crippen LogP contribution in [0.25, 0.3) is 0 Å². The topological polar surface area (TPSA) is 69.4 Å². The molecular formula is C15H25N3O3. The third kappa shape index (κ3) is 2.98. The first-order valence-electron chi connectivity index (χ1n) is 7.75. The van der Waals surface area contributed by atoms with Gasteiger partial charge in [0.05, 0.1) is 13.2 Å². The summed E-state index contributed by atoms with van der Waals surface area (Å²) >= 11 is 0. The van der Waals surface area contributed by atoms with Crippen LogP contribution in [0.5, 0.6) is 0 Å². The summed E-state index contributed by atoms with van der Waals surface area (Å²) in [6, 6.07) is -0.00561. The molecule has 1 aromatic heterocycles. The van der Waals surface area contributed by atoms with Crippen molar-refractivity contribution in [3.8, 4) is 0 Å². The molecule has 0 aromatic carbocycles. The van der Waals surface area contributed by atoms with Gasteiger partial charge in [-0.2, -0.15) is 4.98 Å². The average Bonchev–Trinajstić information content (AvgIpc) is 2.99. The highest BCUT2D eigenvalue weighted by atomic mass is 16.5. The number of morpholine rings is 1. The number of nitrogens with zero attached hydrogens (tertiary/aromatic N) is 2. The molecule has 1 atom stereocenters. The lowest BCUT2D eigenvalue weighted by Crippen LogP contribution is -2.38. The molecule has 1 N–H and O–H groups in total. The number of aromatic nitrogens is 2. The normalized spacial score (nSPS) is 28.4. The minimum absolute atomic E-state index is 0.00561. The summed E-state index contributed by atoms with van der Waals surface area (Å²) in [5.41, 5.74) is -0.0276. The van der Waals surface area contributed by atoms with Gasteiger partial charge >= 0.3 is 0 Å².